The minimum Gasteiger partial charge on any atom is -0.463 e. The predicted octanol–water partition coefficient (Wildman–Crippen LogP) is 4.98. The van der Waals surface area contributed by atoms with Gasteiger partial charge in [-0.15, -0.1) is 0 Å². The van der Waals surface area contributed by atoms with E-state index in [-0.39, 0.29) is 18.4 Å². The summed E-state index contributed by atoms with van der Waals surface area (Å²) in [5.74, 6) is 0.738. The van der Waals surface area contributed by atoms with Gasteiger partial charge in [0.15, 0.2) is 0 Å². The number of nitrogens with zero attached hydrogens (tertiary/aromatic N) is 2. The first-order valence-electron chi connectivity index (χ1n) is 10.9. The standard InChI is InChI=1S/C25H28ClN3O3/c1-17(2)12-13-27-24(31)25(3)16-28-20(22-9-6-14-32-22)10-11-21(28)23(30)29(25)15-18-7-4-5-8-19(18)26/h4-11,14,17H,12-13,15-16H2,1-3H3,(H,27,31)/t25-/m0/s1. The Hall–Kier alpha value is -2.99. The molecular formula is C25H28ClN3O3. The largest absolute Gasteiger partial charge is 0.463 e. The van der Waals surface area contributed by atoms with E-state index in [0.29, 0.717) is 35.5 Å². The van der Waals surface area contributed by atoms with Crippen LogP contribution in [0.2, 0.25) is 5.02 Å². The number of hydrogen-bond acceptors (Lipinski definition) is 3. The number of aromatic nitrogens is 1. The van der Waals surface area contributed by atoms with Gasteiger partial charge in [-0.2, -0.15) is 0 Å². The quantitative estimate of drug-likeness (QED) is 0.548. The van der Waals surface area contributed by atoms with E-state index in [2.05, 4.69) is 19.2 Å². The maximum absolute atomic E-state index is 13.7. The summed E-state index contributed by atoms with van der Waals surface area (Å²) in [6.45, 7) is 7.17. The van der Waals surface area contributed by atoms with E-state index in [4.69, 9.17) is 16.0 Å². The third kappa shape index (κ3) is 4.07. The number of benzene rings is 1. The fourth-order valence-electron chi connectivity index (χ4n) is 4.12. The number of hydrogen-bond donors (Lipinski definition) is 1. The van der Waals surface area contributed by atoms with Crippen molar-refractivity contribution in [2.75, 3.05) is 6.54 Å². The Kier molecular flexibility index (Phi) is 6.15. The normalized spacial score (nSPS) is 18.2. The van der Waals surface area contributed by atoms with E-state index in [1.54, 1.807) is 23.3 Å². The minimum absolute atomic E-state index is 0.178. The van der Waals surface area contributed by atoms with Crippen molar-refractivity contribution >= 4 is 23.4 Å². The summed E-state index contributed by atoms with van der Waals surface area (Å²) >= 11 is 6.40. The zero-order chi connectivity index (χ0) is 22.9. The fraction of sp³-hybridized carbons (Fsp3) is 0.360. The van der Waals surface area contributed by atoms with Crippen molar-refractivity contribution in [3.05, 3.63) is 71.1 Å². The van der Waals surface area contributed by atoms with Gasteiger partial charge in [0.25, 0.3) is 5.91 Å². The number of rotatable bonds is 7. The van der Waals surface area contributed by atoms with Gasteiger partial charge in [0, 0.05) is 18.1 Å². The first-order valence-corrected chi connectivity index (χ1v) is 11.3. The van der Waals surface area contributed by atoms with Crippen molar-refractivity contribution in [1.29, 1.82) is 0 Å². The molecule has 32 heavy (non-hydrogen) atoms. The summed E-state index contributed by atoms with van der Waals surface area (Å²) < 4.78 is 7.45. The van der Waals surface area contributed by atoms with Crippen LogP contribution >= 0.6 is 11.6 Å². The monoisotopic (exact) mass is 453 g/mol. The molecule has 1 aliphatic heterocycles. The molecule has 1 aromatic carbocycles. The second-order valence-electron chi connectivity index (χ2n) is 8.86. The lowest BCUT2D eigenvalue weighted by atomic mass is 9.93. The molecule has 3 heterocycles. The smallest absolute Gasteiger partial charge is 0.271 e. The van der Waals surface area contributed by atoms with E-state index in [9.17, 15) is 9.59 Å². The molecule has 4 rings (SSSR count). The third-order valence-electron chi connectivity index (χ3n) is 6.06. The zero-order valence-electron chi connectivity index (χ0n) is 18.6. The highest BCUT2D eigenvalue weighted by atomic mass is 35.5. The average molecular weight is 454 g/mol. The molecule has 6 nitrogen and oxygen atoms in total. The van der Waals surface area contributed by atoms with Crippen molar-refractivity contribution < 1.29 is 14.0 Å². The van der Waals surface area contributed by atoms with Gasteiger partial charge in [-0.05, 0) is 55.2 Å². The average Bonchev–Trinajstić information content (AvgIpc) is 3.41. The van der Waals surface area contributed by atoms with E-state index in [1.165, 1.54) is 0 Å². The predicted molar refractivity (Wildman–Crippen MR) is 124 cm³/mol. The number of furan rings is 1. The van der Waals surface area contributed by atoms with Crippen LogP contribution in [0.25, 0.3) is 11.5 Å². The Labute approximate surface area is 193 Å². The molecule has 1 atom stereocenters. The lowest BCUT2D eigenvalue weighted by Gasteiger charge is -2.44. The van der Waals surface area contributed by atoms with Gasteiger partial charge in [-0.1, -0.05) is 43.6 Å². The Morgan fingerprint density at radius 3 is 2.59 bits per heavy atom. The van der Waals surface area contributed by atoms with Crippen molar-refractivity contribution in [1.82, 2.24) is 14.8 Å². The van der Waals surface area contributed by atoms with Crippen LogP contribution in [0, 0.1) is 5.92 Å². The Morgan fingerprint density at radius 1 is 1.16 bits per heavy atom. The number of amides is 2. The van der Waals surface area contributed by atoms with Crippen molar-refractivity contribution in [2.45, 2.75) is 45.8 Å². The van der Waals surface area contributed by atoms with Crippen LogP contribution in [0.4, 0.5) is 0 Å². The molecule has 0 fully saturated rings. The second-order valence-corrected chi connectivity index (χ2v) is 9.27. The first-order chi connectivity index (χ1) is 15.3. The van der Waals surface area contributed by atoms with E-state index in [1.807, 2.05) is 47.9 Å². The number of nitrogens with one attached hydrogen (secondary N) is 1. The van der Waals surface area contributed by atoms with Gasteiger partial charge in [-0.3, -0.25) is 9.59 Å². The molecule has 2 amide bonds. The lowest BCUT2D eigenvalue weighted by molar-refractivity contribution is -0.133. The minimum atomic E-state index is -1.10. The Balaban J connectivity index is 1.73. The molecule has 7 heteroatoms. The number of halogens is 1. The maximum Gasteiger partial charge on any atom is 0.271 e. The number of carbonyl (C=O) groups excluding carboxylic acids is 2. The van der Waals surface area contributed by atoms with Crippen molar-refractivity contribution in [2.24, 2.45) is 5.92 Å². The van der Waals surface area contributed by atoms with Crippen LogP contribution in [0.3, 0.4) is 0 Å². The van der Waals surface area contributed by atoms with Gasteiger partial charge in [0.05, 0.1) is 18.5 Å². The molecule has 0 aliphatic carbocycles. The van der Waals surface area contributed by atoms with Gasteiger partial charge in [0.2, 0.25) is 5.91 Å². The molecular weight excluding hydrogens is 426 g/mol. The molecule has 2 aromatic heterocycles. The molecule has 0 bridgehead atoms. The molecule has 168 valence electrons. The number of carbonyl (C=O) groups is 2. The van der Waals surface area contributed by atoms with E-state index < -0.39 is 5.54 Å². The summed E-state index contributed by atoms with van der Waals surface area (Å²) in [5.41, 5.74) is 1.00. The number of fused-ring (bicyclic) bond motifs is 1. The fourth-order valence-corrected chi connectivity index (χ4v) is 4.32. The highest BCUT2D eigenvalue weighted by molar-refractivity contribution is 6.31. The van der Waals surface area contributed by atoms with Crippen LogP contribution in [-0.2, 0) is 17.9 Å². The van der Waals surface area contributed by atoms with E-state index >= 15 is 0 Å². The summed E-state index contributed by atoms with van der Waals surface area (Å²) in [7, 11) is 0. The second kappa shape index (κ2) is 8.87. The van der Waals surface area contributed by atoms with E-state index in [0.717, 1.165) is 17.7 Å². The van der Waals surface area contributed by atoms with Gasteiger partial charge in [0.1, 0.15) is 17.0 Å². The molecule has 0 unspecified atom stereocenters. The summed E-state index contributed by atoms with van der Waals surface area (Å²) in [6, 6.07) is 14.7. The highest BCUT2D eigenvalue weighted by Gasteiger charge is 2.48. The Morgan fingerprint density at radius 2 is 1.91 bits per heavy atom. The highest BCUT2D eigenvalue weighted by Crippen LogP contribution is 2.35. The summed E-state index contributed by atoms with van der Waals surface area (Å²) in [5, 5.41) is 3.62. The third-order valence-corrected chi connectivity index (χ3v) is 6.43. The topological polar surface area (TPSA) is 67.5 Å². The Bertz CT molecular complexity index is 1120. The van der Waals surface area contributed by atoms with Crippen molar-refractivity contribution in [3.8, 4) is 11.5 Å². The molecule has 0 saturated carbocycles. The maximum atomic E-state index is 13.7. The SMILES string of the molecule is CC(C)CCNC(=O)[C@]1(C)Cn2c(ccc2-c2ccco2)C(=O)N1Cc1ccccc1Cl. The van der Waals surface area contributed by atoms with Crippen LogP contribution in [0.15, 0.2) is 59.2 Å². The van der Waals surface area contributed by atoms with Crippen molar-refractivity contribution in [3.63, 3.8) is 0 Å². The first kappa shape index (κ1) is 22.2. The summed E-state index contributed by atoms with van der Waals surface area (Å²) in [4.78, 5) is 28.8. The van der Waals surface area contributed by atoms with Crippen LogP contribution in [-0.4, -0.2) is 33.4 Å². The van der Waals surface area contributed by atoms with Crippen LogP contribution < -0.4 is 5.32 Å². The summed E-state index contributed by atoms with van der Waals surface area (Å²) in [6.07, 6.45) is 2.47. The van der Waals surface area contributed by atoms with Crippen LogP contribution in [0.1, 0.15) is 43.2 Å². The molecule has 1 N–H and O–H groups in total. The molecule has 0 saturated heterocycles. The molecule has 1 aliphatic rings. The zero-order valence-corrected chi connectivity index (χ0v) is 19.4. The van der Waals surface area contributed by atoms with Gasteiger partial charge < -0.3 is 19.2 Å². The molecule has 3 aromatic rings. The lowest BCUT2D eigenvalue weighted by Crippen LogP contribution is -2.63. The molecule has 0 radical (unpaired) electrons. The molecule has 0 spiro atoms. The van der Waals surface area contributed by atoms with Gasteiger partial charge >= 0.3 is 0 Å². The van der Waals surface area contributed by atoms with Crippen LogP contribution in [0.5, 0.6) is 0 Å². The van der Waals surface area contributed by atoms with Gasteiger partial charge in [-0.25, -0.2) is 0 Å².